The third-order valence-corrected chi connectivity index (χ3v) is 3.15. The fraction of sp³-hybridized carbons (Fsp3) is 0.417. The topological polar surface area (TPSA) is 56.0 Å². The van der Waals surface area contributed by atoms with Crippen LogP contribution in [-0.2, 0) is 0 Å². The molecule has 0 spiro atoms. The van der Waals surface area contributed by atoms with Gasteiger partial charge in [-0.3, -0.25) is 0 Å². The molecule has 1 atom stereocenters. The van der Waals surface area contributed by atoms with Gasteiger partial charge in [-0.1, -0.05) is 6.07 Å². The van der Waals surface area contributed by atoms with Gasteiger partial charge >= 0.3 is 0 Å². The van der Waals surface area contributed by atoms with Gasteiger partial charge in [-0.2, -0.15) is 17.0 Å². The van der Waals surface area contributed by atoms with E-state index in [0.717, 1.165) is 0 Å². The highest BCUT2D eigenvalue weighted by Crippen LogP contribution is 2.19. The number of nitriles is 1. The summed E-state index contributed by atoms with van der Waals surface area (Å²) in [6, 6.07) is 6.20. The Kier molecular flexibility index (Phi) is 4.79. The van der Waals surface area contributed by atoms with Crippen LogP contribution >= 0.6 is 11.8 Å². The molecule has 2 N–H and O–H groups in total. The van der Waals surface area contributed by atoms with Gasteiger partial charge in [-0.25, -0.2) is 4.39 Å². The second-order valence-corrected chi connectivity index (χ2v) is 4.92. The van der Waals surface area contributed by atoms with Gasteiger partial charge in [0.25, 0.3) is 0 Å². The SMILES string of the molecule is CSCC(C)(O)CNc1cccc(F)c1C#N. The number of nitrogens with one attached hydrogen (secondary N) is 1. The minimum Gasteiger partial charge on any atom is -0.387 e. The standard InChI is InChI=1S/C12H15FN2OS/c1-12(16,8-17-2)7-15-11-5-3-4-10(13)9(11)6-14/h3-5,15-16H,7-8H2,1-2H3. The molecule has 0 saturated heterocycles. The average Bonchev–Trinajstić information content (AvgIpc) is 2.26. The number of nitrogens with zero attached hydrogens (tertiary/aromatic N) is 1. The van der Waals surface area contributed by atoms with Crippen molar-refractivity contribution in [2.75, 3.05) is 23.9 Å². The van der Waals surface area contributed by atoms with Gasteiger partial charge in [0.05, 0.1) is 11.3 Å². The molecule has 1 unspecified atom stereocenters. The predicted molar refractivity (Wildman–Crippen MR) is 68.6 cm³/mol. The summed E-state index contributed by atoms with van der Waals surface area (Å²) in [6.07, 6.45) is 1.90. The Balaban J connectivity index is 2.77. The second kappa shape index (κ2) is 5.89. The van der Waals surface area contributed by atoms with Gasteiger partial charge < -0.3 is 10.4 Å². The van der Waals surface area contributed by atoms with E-state index in [0.29, 0.717) is 11.4 Å². The molecule has 0 heterocycles. The van der Waals surface area contributed by atoms with Crippen molar-refractivity contribution < 1.29 is 9.50 Å². The summed E-state index contributed by atoms with van der Waals surface area (Å²) in [6.45, 7) is 1.97. The molecule has 3 nitrogen and oxygen atoms in total. The van der Waals surface area contributed by atoms with Crippen molar-refractivity contribution in [2.24, 2.45) is 0 Å². The van der Waals surface area contributed by atoms with Gasteiger partial charge in [-0.05, 0) is 25.3 Å². The summed E-state index contributed by atoms with van der Waals surface area (Å²) < 4.78 is 13.3. The van der Waals surface area contributed by atoms with Crippen LogP contribution in [0.25, 0.3) is 0 Å². The van der Waals surface area contributed by atoms with E-state index in [-0.39, 0.29) is 12.1 Å². The molecule has 17 heavy (non-hydrogen) atoms. The molecule has 5 heteroatoms. The van der Waals surface area contributed by atoms with Crippen LogP contribution in [0.2, 0.25) is 0 Å². The molecule has 1 aromatic rings. The van der Waals surface area contributed by atoms with Crippen molar-refractivity contribution in [3.05, 3.63) is 29.6 Å². The molecule has 0 aromatic heterocycles. The molecule has 1 aromatic carbocycles. The van der Waals surface area contributed by atoms with E-state index in [1.807, 2.05) is 12.3 Å². The maximum Gasteiger partial charge on any atom is 0.143 e. The summed E-state index contributed by atoms with van der Waals surface area (Å²) in [5.41, 5.74) is -0.500. The molecule has 0 aliphatic carbocycles. The lowest BCUT2D eigenvalue weighted by atomic mass is 10.1. The molecule has 0 fully saturated rings. The lowest BCUT2D eigenvalue weighted by Crippen LogP contribution is -2.36. The van der Waals surface area contributed by atoms with Crippen LogP contribution in [0.3, 0.4) is 0 Å². The van der Waals surface area contributed by atoms with Crippen LogP contribution in [0.5, 0.6) is 0 Å². The molecular weight excluding hydrogens is 239 g/mol. The smallest absolute Gasteiger partial charge is 0.143 e. The van der Waals surface area contributed by atoms with E-state index in [2.05, 4.69) is 5.32 Å². The molecule has 0 amide bonds. The average molecular weight is 254 g/mol. The number of anilines is 1. The molecule has 0 saturated carbocycles. The fourth-order valence-corrected chi connectivity index (χ4v) is 2.16. The van der Waals surface area contributed by atoms with Gasteiger partial charge in [0.15, 0.2) is 0 Å². The third kappa shape index (κ3) is 3.91. The van der Waals surface area contributed by atoms with Crippen molar-refractivity contribution in [3.63, 3.8) is 0 Å². The maximum atomic E-state index is 13.3. The van der Waals surface area contributed by atoms with E-state index in [4.69, 9.17) is 5.26 Å². The summed E-state index contributed by atoms with van der Waals surface area (Å²) in [7, 11) is 0. The largest absolute Gasteiger partial charge is 0.387 e. The second-order valence-electron chi connectivity index (χ2n) is 4.06. The number of rotatable bonds is 5. The number of thioether (sulfide) groups is 1. The quantitative estimate of drug-likeness (QED) is 0.846. The zero-order chi connectivity index (χ0) is 12.9. The Bertz CT molecular complexity index is 429. The third-order valence-electron chi connectivity index (χ3n) is 2.24. The van der Waals surface area contributed by atoms with Crippen molar-refractivity contribution in [1.82, 2.24) is 0 Å². The number of hydrogen-bond acceptors (Lipinski definition) is 4. The highest BCUT2D eigenvalue weighted by molar-refractivity contribution is 7.98. The lowest BCUT2D eigenvalue weighted by Gasteiger charge is -2.23. The van der Waals surface area contributed by atoms with E-state index in [9.17, 15) is 9.50 Å². The Labute approximate surface area is 105 Å². The van der Waals surface area contributed by atoms with Crippen LogP contribution in [0, 0.1) is 17.1 Å². The summed E-state index contributed by atoms with van der Waals surface area (Å²) in [5, 5.41) is 21.7. The van der Waals surface area contributed by atoms with E-state index < -0.39 is 11.4 Å². The Morgan fingerprint density at radius 1 is 1.59 bits per heavy atom. The first-order valence-corrected chi connectivity index (χ1v) is 6.53. The van der Waals surface area contributed by atoms with Gasteiger partial charge in [-0.15, -0.1) is 0 Å². The minimum atomic E-state index is -0.890. The first-order chi connectivity index (χ1) is 8.00. The highest BCUT2D eigenvalue weighted by Gasteiger charge is 2.20. The highest BCUT2D eigenvalue weighted by atomic mass is 32.2. The number of aliphatic hydroxyl groups is 1. The fourth-order valence-electron chi connectivity index (χ4n) is 1.43. The summed E-state index contributed by atoms with van der Waals surface area (Å²) in [4.78, 5) is 0. The maximum absolute atomic E-state index is 13.3. The van der Waals surface area contributed by atoms with Gasteiger partial charge in [0.2, 0.25) is 0 Å². The Hall–Kier alpha value is -1.25. The molecule has 0 aliphatic heterocycles. The zero-order valence-corrected chi connectivity index (χ0v) is 10.6. The van der Waals surface area contributed by atoms with Crippen molar-refractivity contribution in [1.29, 1.82) is 5.26 Å². The van der Waals surface area contributed by atoms with Crippen LogP contribution in [0.1, 0.15) is 12.5 Å². The normalized spacial score (nSPS) is 13.8. The molecular formula is C12H15FN2OS. The molecule has 0 radical (unpaired) electrons. The molecule has 92 valence electrons. The first-order valence-electron chi connectivity index (χ1n) is 5.14. The van der Waals surface area contributed by atoms with Crippen molar-refractivity contribution in [2.45, 2.75) is 12.5 Å². The Morgan fingerprint density at radius 2 is 2.29 bits per heavy atom. The summed E-state index contributed by atoms with van der Waals surface area (Å²) >= 11 is 1.53. The molecule has 0 aliphatic rings. The predicted octanol–water partition coefficient (Wildman–Crippen LogP) is 2.22. The Morgan fingerprint density at radius 3 is 2.88 bits per heavy atom. The van der Waals surface area contributed by atoms with E-state index in [1.54, 1.807) is 13.0 Å². The van der Waals surface area contributed by atoms with Crippen LogP contribution in [0.15, 0.2) is 18.2 Å². The molecule has 1 rings (SSSR count). The van der Waals surface area contributed by atoms with Crippen molar-refractivity contribution in [3.8, 4) is 6.07 Å². The van der Waals surface area contributed by atoms with Crippen LogP contribution < -0.4 is 5.32 Å². The number of hydrogen-bond donors (Lipinski definition) is 2. The van der Waals surface area contributed by atoms with Crippen molar-refractivity contribution >= 4 is 17.4 Å². The van der Waals surface area contributed by atoms with E-state index >= 15 is 0 Å². The van der Waals surface area contributed by atoms with Gasteiger partial charge in [0, 0.05) is 12.3 Å². The number of halogens is 1. The van der Waals surface area contributed by atoms with Crippen LogP contribution in [0.4, 0.5) is 10.1 Å². The van der Waals surface area contributed by atoms with Crippen LogP contribution in [-0.4, -0.2) is 29.3 Å². The van der Waals surface area contributed by atoms with E-state index in [1.165, 1.54) is 23.9 Å². The lowest BCUT2D eigenvalue weighted by molar-refractivity contribution is 0.0997. The zero-order valence-electron chi connectivity index (χ0n) is 9.83. The van der Waals surface area contributed by atoms with Gasteiger partial charge in [0.1, 0.15) is 17.4 Å². The monoisotopic (exact) mass is 254 g/mol. The minimum absolute atomic E-state index is 0.0209. The molecule has 0 bridgehead atoms. The first kappa shape index (κ1) is 13.8. The number of benzene rings is 1. The summed E-state index contributed by atoms with van der Waals surface area (Å²) in [5.74, 6) is 0.0130.